The summed E-state index contributed by atoms with van der Waals surface area (Å²) < 4.78 is 13.7. The van der Waals surface area contributed by atoms with Gasteiger partial charge in [0, 0.05) is 51.4 Å². The van der Waals surface area contributed by atoms with Gasteiger partial charge < -0.3 is 20.9 Å². The van der Waals surface area contributed by atoms with Gasteiger partial charge in [-0.3, -0.25) is 24.8 Å². The molecule has 4 rings (SSSR count). The van der Waals surface area contributed by atoms with Crippen molar-refractivity contribution in [2.75, 3.05) is 50.0 Å². The number of halogens is 1. The van der Waals surface area contributed by atoms with Crippen LogP contribution in [0.2, 0.25) is 0 Å². The van der Waals surface area contributed by atoms with Gasteiger partial charge in [-0.15, -0.1) is 4.91 Å². The number of rotatable bonds is 6. The Bertz CT molecular complexity index is 889. The number of anilines is 2. The molecule has 0 saturated carbocycles. The van der Waals surface area contributed by atoms with Crippen molar-refractivity contribution in [1.82, 2.24) is 20.1 Å². The first-order chi connectivity index (χ1) is 15.9. The quantitative estimate of drug-likeness (QED) is 0.506. The van der Waals surface area contributed by atoms with Crippen molar-refractivity contribution in [1.29, 1.82) is 0 Å². The van der Waals surface area contributed by atoms with Crippen LogP contribution in [0.25, 0.3) is 0 Å². The van der Waals surface area contributed by atoms with Gasteiger partial charge in [0.1, 0.15) is 12.1 Å². The molecule has 1 aromatic heterocycles. The summed E-state index contributed by atoms with van der Waals surface area (Å²) in [6.45, 7) is 2.12. The standard InChI is InChI=1S/C21H31FN8O3/c1-28-11-13(22)9-25-20(28)18(19(23)27-33)21(32)26-15-10-24-6-5-16(15)29-7-8-30-14(12-29)3-2-4-17(30)31/h5-6,10,13-14,18-20,25H,2-4,7-9,11-12,23H2,1H3,(H,26,32). The SMILES string of the molecule is CN1CC(F)CNC1C(C(=O)Nc1cnccc1N1CCN2C(=O)CCCC2C1)C(N)N=O. The zero-order valence-corrected chi connectivity index (χ0v) is 18.7. The van der Waals surface area contributed by atoms with Gasteiger partial charge in [-0.05, 0) is 26.0 Å². The van der Waals surface area contributed by atoms with Crippen molar-refractivity contribution in [3.8, 4) is 0 Å². The van der Waals surface area contributed by atoms with Crippen LogP contribution in [0, 0.1) is 10.8 Å². The molecular formula is C21H31FN8O3. The number of fused-ring (bicyclic) bond motifs is 1. The first-order valence-corrected chi connectivity index (χ1v) is 11.3. The molecule has 5 unspecified atom stereocenters. The monoisotopic (exact) mass is 462 g/mol. The van der Waals surface area contributed by atoms with Gasteiger partial charge in [-0.2, -0.15) is 0 Å². The maximum Gasteiger partial charge on any atom is 0.234 e. The molecule has 5 atom stereocenters. The summed E-state index contributed by atoms with van der Waals surface area (Å²) in [7, 11) is 1.67. The fraction of sp³-hybridized carbons (Fsp3) is 0.667. The first-order valence-electron chi connectivity index (χ1n) is 11.3. The second-order valence-corrected chi connectivity index (χ2v) is 8.97. The Kier molecular flexibility index (Phi) is 7.15. The van der Waals surface area contributed by atoms with Crippen molar-refractivity contribution < 1.29 is 14.0 Å². The molecule has 4 heterocycles. The first kappa shape index (κ1) is 23.5. The van der Waals surface area contributed by atoms with Crippen LogP contribution in [0.5, 0.6) is 0 Å². The molecule has 0 aromatic carbocycles. The van der Waals surface area contributed by atoms with E-state index in [2.05, 4.69) is 25.7 Å². The van der Waals surface area contributed by atoms with E-state index in [1.165, 1.54) is 0 Å². The summed E-state index contributed by atoms with van der Waals surface area (Å²) in [6.07, 6.45) is 2.62. The summed E-state index contributed by atoms with van der Waals surface area (Å²) >= 11 is 0. The van der Waals surface area contributed by atoms with Crippen molar-refractivity contribution in [3.05, 3.63) is 23.4 Å². The molecule has 0 radical (unpaired) electrons. The Morgan fingerprint density at radius 3 is 2.97 bits per heavy atom. The van der Waals surface area contributed by atoms with Crippen LogP contribution in [0.3, 0.4) is 0 Å². The second kappa shape index (κ2) is 10.1. The summed E-state index contributed by atoms with van der Waals surface area (Å²) in [4.78, 5) is 46.6. The van der Waals surface area contributed by atoms with Crippen LogP contribution >= 0.6 is 0 Å². The van der Waals surface area contributed by atoms with Crippen molar-refractivity contribution in [2.45, 2.75) is 43.8 Å². The molecular weight excluding hydrogens is 431 g/mol. The minimum Gasteiger partial charge on any atom is -0.366 e. The maximum atomic E-state index is 13.7. The number of hydrogen-bond donors (Lipinski definition) is 3. The highest BCUT2D eigenvalue weighted by Crippen LogP contribution is 2.31. The summed E-state index contributed by atoms with van der Waals surface area (Å²) in [5.74, 6) is -1.32. The molecule has 4 N–H and O–H groups in total. The van der Waals surface area contributed by atoms with Gasteiger partial charge in [0.2, 0.25) is 11.8 Å². The van der Waals surface area contributed by atoms with E-state index in [0.717, 1.165) is 18.5 Å². The second-order valence-electron chi connectivity index (χ2n) is 8.97. The lowest BCUT2D eigenvalue weighted by Gasteiger charge is -2.45. The zero-order valence-electron chi connectivity index (χ0n) is 18.7. The molecule has 3 fully saturated rings. The number of carbonyl (C=O) groups is 2. The zero-order chi connectivity index (χ0) is 23.5. The number of alkyl halides is 1. The van der Waals surface area contributed by atoms with Crippen LogP contribution in [0.1, 0.15) is 19.3 Å². The van der Waals surface area contributed by atoms with Crippen LogP contribution in [-0.4, -0.2) is 90.9 Å². The third-order valence-electron chi connectivity index (χ3n) is 6.77. The molecule has 3 aliphatic rings. The normalized spacial score (nSPS) is 28.1. The number of piperidine rings is 1. The van der Waals surface area contributed by atoms with E-state index in [1.807, 2.05) is 11.0 Å². The minimum absolute atomic E-state index is 0.0624. The van der Waals surface area contributed by atoms with Crippen LogP contribution in [-0.2, 0) is 9.59 Å². The molecule has 180 valence electrons. The van der Waals surface area contributed by atoms with Gasteiger partial charge in [0.25, 0.3) is 0 Å². The van der Waals surface area contributed by atoms with E-state index in [-0.39, 0.29) is 25.0 Å². The Balaban J connectivity index is 1.52. The lowest BCUT2D eigenvalue weighted by atomic mass is 9.97. The van der Waals surface area contributed by atoms with Gasteiger partial charge in [-0.25, -0.2) is 4.39 Å². The highest BCUT2D eigenvalue weighted by atomic mass is 19.1. The number of carbonyl (C=O) groups excluding carboxylic acids is 2. The third-order valence-corrected chi connectivity index (χ3v) is 6.77. The van der Waals surface area contributed by atoms with Crippen molar-refractivity contribution in [3.63, 3.8) is 0 Å². The molecule has 11 nitrogen and oxygen atoms in total. The molecule has 0 bridgehead atoms. The van der Waals surface area contributed by atoms with Crippen molar-refractivity contribution >= 4 is 23.2 Å². The van der Waals surface area contributed by atoms with E-state index in [9.17, 15) is 18.9 Å². The number of nitrogens with two attached hydrogens (primary N) is 1. The summed E-state index contributed by atoms with van der Waals surface area (Å²) in [6, 6.07) is 1.97. The predicted molar refractivity (Wildman–Crippen MR) is 121 cm³/mol. The molecule has 3 saturated heterocycles. The Morgan fingerprint density at radius 1 is 1.39 bits per heavy atom. The molecule has 12 heteroatoms. The molecule has 33 heavy (non-hydrogen) atoms. The fourth-order valence-electron chi connectivity index (χ4n) is 5.10. The number of nitroso groups, excluding NO2 is 1. The number of piperazine rings is 1. The molecule has 1 aromatic rings. The number of amides is 2. The van der Waals surface area contributed by atoms with Crippen molar-refractivity contribution in [2.24, 2.45) is 16.8 Å². The average Bonchev–Trinajstić information content (AvgIpc) is 2.81. The molecule has 2 amide bonds. The smallest absolute Gasteiger partial charge is 0.234 e. The highest BCUT2D eigenvalue weighted by molar-refractivity contribution is 5.96. The van der Waals surface area contributed by atoms with Gasteiger partial charge in [0.05, 0.1) is 23.7 Å². The topological polar surface area (TPSA) is 136 Å². The van der Waals surface area contributed by atoms with Gasteiger partial charge in [-0.1, -0.05) is 5.18 Å². The Hall–Kier alpha value is -2.70. The van der Waals surface area contributed by atoms with E-state index in [1.54, 1.807) is 24.3 Å². The predicted octanol–water partition coefficient (Wildman–Crippen LogP) is 0.0878. The number of nitrogens with one attached hydrogen (secondary N) is 2. The van der Waals surface area contributed by atoms with Crippen LogP contribution in [0.4, 0.5) is 15.8 Å². The average molecular weight is 463 g/mol. The van der Waals surface area contributed by atoms with E-state index < -0.39 is 30.3 Å². The maximum absolute atomic E-state index is 13.7. The number of hydrogen-bond acceptors (Lipinski definition) is 9. The summed E-state index contributed by atoms with van der Waals surface area (Å²) in [5.41, 5.74) is 7.18. The lowest BCUT2D eigenvalue weighted by molar-refractivity contribution is -0.136. The van der Waals surface area contributed by atoms with Crippen LogP contribution in [0.15, 0.2) is 23.6 Å². The van der Waals surface area contributed by atoms with Gasteiger partial charge >= 0.3 is 0 Å². The van der Waals surface area contributed by atoms with E-state index in [0.29, 0.717) is 31.7 Å². The van der Waals surface area contributed by atoms with E-state index >= 15 is 0 Å². The molecule has 3 aliphatic heterocycles. The Labute approximate surface area is 191 Å². The largest absolute Gasteiger partial charge is 0.366 e. The summed E-state index contributed by atoms with van der Waals surface area (Å²) in [5, 5.41) is 8.72. The fourth-order valence-corrected chi connectivity index (χ4v) is 5.10. The number of nitrogens with zero attached hydrogens (tertiary/aromatic N) is 5. The third kappa shape index (κ3) is 4.97. The molecule has 0 aliphatic carbocycles. The van der Waals surface area contributed by atoms with Gasteiger partial charge in [0.15, 0.2) is 6.17 Å². The van der Waals surface area contributed by atoms with Crippen LogP contribution < -0.4 is 21.3 Å². The highest BCUT2D eigenvalue weighted by Gasteiger charge is 2.40. The minimum atomic E-state index is -1.31. The lowest BCUT2D eigenvalue weighted by Crippen LogP contribution is -2.62. The number of aromatic nitrogens is 1. The molecule has 0 spiro atoms. The number of pyridine rings is 1. The Morgan fingerprint density at radius 2 is 2.21 bits per heavy atom. The van der Waals surface area contributed by atoms with E-state index in [4.69, 9.17) is 5.73 Å².